The zero-order chi connectivity index (χ0) is 17.4. The van der Waals surface area contributed by atoms with Gasteiger partial charge in [-0.25, -0.2) is 4.98 Å². The summed E-state index contributed by atoms with van der Waals surface area (Å²) >= 11 is 0. The number of carbonyl (C=O) groups excluding carboxylic acids is 1. The molecule has 2 heterocycles. The minimum absolute atomic E-state index is 0. The summed E-state index contributed by atoms with van der Waals surface area (Å²) in [6, 6.07) is 0. The number of rotatable bonds is 5. The lowest BCUT2D eigenvalue weighted by Gasteiger charge is -2.59. The lowest BCUT2D eigenvalue weighted by molar-refractivity contribution is -0.180. The Kier molecular flexibility index (Phi) is 7.89. The predicted molar refractivity (Wildman–Crippen MR) is 105 cm³/mol. The van der Waals surface area contributed by atoms with Crippen molar-refractivity contribution < 1.29 is 9.53 Å². The van der Waals surface area contributed by atoms with E-state index in [1.807, 2.05) is 30.4 Å². The van der Waals surface area contributed by atoms with Crippen LogP contribution in [0.1, 0.15) is 40.0 Å². The molecule has 2 fully saturated rings. The molecular formula is C17H31Cl2N5O2. The summed E-state index contributed by atoms with van der Waals surface area (Å²) in [5, 5.41) is 4.17. The van der Waals surface area contributed by atoms with Crippen LogP contribution in [-0.4, -0.2) is 56.9 Å². The monoisotopic (exact) mass is 407 g/mol. The van der Waals surface area contributed by atoms with Gasteiger partial charge in [-0.05, 0) is 25.7 Å². The Hall–Kier alpha value is -0.890. The number of piperidine rings is 1. The number of hydrogen-bond donors (Lipinski definition) is 1. The van der Waals surface area contributed by atoms with Crippen molar-refractivity contribution >= 4 is 30.7 Å². The molecule has 0 bridgehead atoms. The zero-order valence-electron chi connectivity index (χ0n) is 15.8. The van der Waals surface area contributed by atoms with Gasteiger partial charge in [-0.2, -0.15) is 5.10 Å². The van der Waals surface area contributed by atoms with Crippen LogP contribution >= 0.6 is 24.8 Å². The van der Waals surface area contributed by atoms with E-state index < -0.39 is 5.54 Å². The maximum atomic E-state index is 13.1. The highest BCUT2D eigenvalue weighted by Crippen LogP contribution is 2.50. The van der Waals surface area contributed by atoms with Gasteiger partial charge in [-0.15, -0.1) is 24.8 Å². The number of hydrogen-bond acceptors (Lipinski definition) is 5. The third-order valence-electron chi connectivity index (χ3n) is 5.93. The average Bonchev–Trinajstić information content (AvgIpc) is 3.07. The number of amides is 1. The van der Waals surface area contributed by atoms with Crippen molar-refractivity contribution in [1.29, 1.82) is 0 Å². The lowest BCUT2D eigenvalue weighted by atomic mass is 9.54. The molecule has 3 atom stereocenters. The second-order valence-corrected chi connectivity index (χ2v) is 7.72. The van der Waals surface area contributed by atoms with Crippen LogP contribution in [0.2, 0.25) is 0 Å². The van der Waals surface area contributed by atoms with Crippen molar-refractivity contribution in [2.75, 3.05) is 19.7 Å². The first kappa shape index (κ1) is 23.1. The minimum Gasteiger partial charge on any atom is -0.378 e. The van der Waals surface area contributed by atoms with Crippen molar-refractivity contribution in [2.24, 2.45) is 17.1 Å². The molecule has 150 valence electrons. The minimum atomic E-state index is -0.817. The van der Waals surface area contributed by atoms with Crippen LogP contribution in [-0.2, 0) is 16.1 Å². The molecule has 1 aliphatic carbocycles. The normalized spacial score (nSPS) is 29.9. The van der Waals surface area contributed by atoms with Gasteiger partial charge in [0.15, 0.2) is 0 Å². The Morgan fingerprint density at radius 2 is 2.12 bits per heavy atom. The van der Waals surface area contributed by atoms with E-state index >= 15 is 0 Å². The average molecular weight is 408 g/mol. The Morgan fingerprint density at radius 1 is 1.38 bits per heavy atom. The third kappa shape index (κ3) is 4.01. The summed E-state index contributed by atoms with van der Waals surface area (Å²) in [7, 11) is 0. The van der Waals surface area contributed by atoms with Gasteiger partial charge in [0.05, 0.1) is 6.10 Å². The van der Waals surface area contributed by atoms with Crippen LogP contribution in [0, 0.1) is 11.3 Å². The van der Waals surface area contributed by atoms with Crippen LogP contribution in [0.25, 0.3) is 0 Å². The standard InChI is InChI=1S/C17H29N5O2.2ClH/c1-4-24-14-8-17(18,16(14,2)3)15(23)21-7-5-6-13(9-21)10-22-12-19-11-20-22;;/h11-14H,4-10,18H2,1-3H3;2*1H. The van der Waals surface area contributed by atoms with Crippen molar-refractivity contribution in [1.82, 2.24) is 19.7 Å². The van der Waals surface area contributed by atoms with Crippen molar-refractivity contribution in [3.8, 4) is 0 Å². The molecule has 1 aromatic rings. The molecule has 9 heteroatoms. The van der Waals surface area contributed by atoms with E-state index in [2.05, 4.69) is 10.1 Å². The van der Waals surface area contributed by atoms with Crippen LogP contribution in [0.3, 0.4) is 0 Å². The Balaban J connectivity index is 0.00000169. The molecule has 0 radical (unpaired) electrons. The molecule has 1 amide bonds. The largest absolute Gasteiger partial charge is 0.378 e. The summed E-state index contributed by atoms with van der Waals surface area (Å²) in [6.45, 7) is 9.06. The first-order valence-electron chi connectivity index (χ1n) is 8.90. The number of carbonyl (C=O) groups is 1. The summed E-state index contributed by atoms with van der Waals surface area (Å²) in [6.07, 6.45) is 6.06. The van der Waals surface area contributed by atoms with Crippen LogP contribution in [0.5, 0.6) is 0 Å². The summed E-state index contributed by atoms with van der Waals surface area (Å²) in [4.78, 5) is 19.1. The lowest BCUT2D eigenvalue weighted by Crippen LogP contribution is -2.76. The summed E-state index contributed by atoms with van der Waals surface area (Å²) < 4.78 is 7.59. The van der Waals surface area contributed by atoms with Crippen molar-refractivity contribution in [3.63, 3.8) is 0 Å². The van der Waals surface area contributed by atoms with E-state index in [4.69, 9.17) is 10.5 Å². The fourth-order valence-corrected chi connectivity index (χ4v) is 4.07. The van der Waals surface area contributed by atoms with Gasteiger partial charge in [0, 0.05) is 38.1 Å². The van der Waals surface area contributed by atoms with Gasteiger partial charge in [0.2, 0.25) is 5.91 Å². The van der Waals surface area contributed by atoms with E-state index in [-0.39, 0.29) is 42.2 Å². The number of likely N-dealkylation sites (tertiary alicyclic amines) is 1. The predicted octanol–water partition coefficient (Wildman–Crippen LogP) is 1.89. The van der Waals surface area contributed by atoms with E-state index in [1.54, 1.807) is 12.7 Å². The molecule has 1 aliphatic heterocycles. The fourth-order valence-electron chi connectivity index (χ4n) is 4.07. The smallest absolute Gasteiger partial charge is 0.243 e. The highest BCUT2D eigenvalue weighted by Gasteiger charge is 2.63. The first-order chi connectivity index (χ1) is 11.4. The van der Waals surface area contributed by atoms with Gasteiger partial charge in [-0.1, -0.05) is 13.8 Å². The van der Waals surface area contributed by atoms with Gasteiger partial charge < -0.3 is 15.4 Å². The Bertz CT molecular complexity index is 584. The van der Waals surface area contributed by atoms with E-state index in [0.29, 0.717) is 18.9 Å². The first-order valence-corrected chi connectivity index (χ1v) is 8.90. The molecule has 1 aromatic heterocycles. The zero-order valence-corrected chi connectivity index (χ0v) is 17.4. The Labute approximate surface area is 167 Å². The Morgan fingerprint density at radius 3 is 2.69 bits per heavy atom. The molecule has 0 aromatic carbocycles. The second-order valence-electron chi connectivity index (χ2n) is 7.72. The van der Waals surface area contributed by atoms with E-state index in [9.17, 15) is 4.79 Å². The highest BCUT2D eigenvalue weighted by atomic mass is 35.5. The highest BCUT2D eigenvalue weighted by molar-refractivity contribution is 5.89. The maximum Gasteiger partial charge on any atom is 0.243 e. The molecular weight excluding hydrogens is 377 g/mol. The molecule has 1 saturated heterocycles. The maximum absolute atomic E-state index is 13.1. The summed E-state index contributed by atoms with van der Waals surface area (Å²) in [5.41, 5.74) is 5.41. The second kappa shape index (κ2) is 8.87. The number of halogens is 2. The van der Waals surface area contributed by atoms with Crippen LogP contribution in [0.15, 0.2) is 12.7 Å². The van der Waals surface area contributed by atoms with Gasteiger partial charge in [0.1, 0.15) is 18.2 Å². The number of nitrogens with two attached hydrogens (primary N) is 1. The molecule has 7 nitrogen and oxygen atoms in total. The third-order valence-corrected chi connectivity index (χ3v) is 5.93. The molecule has 3 rings (SSSR count). The van der Waals surface area contributed by atoms with E-state index in [0.717, 1.165) is 32.5 Å². The molecule has 2 N–H and O–H groups in total. The molecule has 2 aliphatic rings. The quantitative estimate of drug-likeness (QED) is 0.804. The van der Waals surface area contributed by atoms with E-state index in [1.165, 1.54) is 0 Å². The van der Waals surface area contributed by atoms with Crippen molar-refractivity contribution in [2.45, 2.75) is 58.2 Å². The number of nitrogens with zero attached hydrogens (tertiary/aromatic N) is 4. The SMILES string of the molecule is CCOC1CC(N)(C(=O)N2CCCC(Cn3cncn3)C2)C1(C)C.Cl.Cl. The van der Waals surface area contributed by atoms with Crippen LogP contribution in [0.4, 0.5) is 0 Å². The fraction of sp³-hybridized carbons (Fsp3) is 0.824. The summed E-state index contributed by atoms with van der Waals surface area (Å²) in [5.74, 6) is 0.477. The topological polar surface area (TPSA) is 86.3 Å². The molecule has 1 saturated carbocycles. The molecule has 0 spiro atoms. The number of aromatic nitrogens is 3. The van der Waals surface area contributed by atoms with Gasteiger partial charge >= 0.3 is 0 Å². The molecule has 3 unspecified atom stereocenters. The van der Waals surface area contributed by atoms with Crippen molar-refractivity contribution in [3.05, 3.63) is 12.7 Å². The molecule has 26 heavy (non-hydrogen) atoms. The van der Waals surface area contributed by atoms with Gasteiger partial charge in [0.25, 0.3) is 0 Å². The van der Waals surface area contributed by atoms with Gasteiger partial charge in [-0.3, -0.25) is 9.48 Å². The van der Waals surface area contributed by atoms with Crippen LogP contribution < -0.4 is 5.73 Å². The number of ether oxygens (including phenoxy) is 1.